The highest BCUT2D eigenvalue weighted by Gasteiger charge is 2.42. The SMILES string of the molecule is CC1(c2ncc3c(n2)CCC(CN)C3)CC1. The molecule has 1 heterocycles. The molecule has 2 aliphatic carbocycles. The number of hydrogen-bond acceptors (Lipinski definition) is 3. The van der Waals surface area contributed by atoms with E-state index >= 15 is 0 Å². The summed E-state index contributed by atoms with van der Waals surface area (Å²) in [5.74, 6) is 1.70. The van der Waals surface area contributed by atoms with Gasteiger partial charge in [-0.15, -0.1) is 0 Å². The van der Waals surface area contributed by atoms with E-state index < -0.39 is 0 Å². The van der Waals surface area contributed by atoms with Gasteiger partial charge in [0.1, 0.15) is 5.82 Å². The summed E-state index contributed by atoms with van der Waals surface area (Å²) in [6, 6.07) is 0. The van der Waals surface area contributed by atoms with Crippen LogP contribution in [0.25, 0.3) is 0 Å². The van der Waals surface area contributed by atoms with Gasteiger partial charge in [0.25, 0.3) is 0 Å². The Morgan fingerprint density at radius 3 is 3.00 bits per heavy atom. The largest absolute Gasteiger partial charge is 0.330 e. The highest BCUT2D eigenvalue weighted by molar-refractivity contribution is 5.25. The number of fused-ring (bicyclic) bond motifs is 1. The van der Waals surface area contributed by atoms with Gasteiger partial charge in [-0.25, -0.2) is 9.97 Å². The normalized spacial score (nSPS) is 26.2. The van der Waals surface area contributed by atoms with Gasteiger partial charge in [0.05, 0.1) is 0 Å². The molecule has 0 radical (unpaired) electrons. The Morgan fingerprint density at radius 2 is 2.31 bits per heavy atom. The highest BCUT2D eigenvalue weighted by Crippen LogP contribution is 2.46. The van der Waals surface area contributed by atoms with Crippen LogP contribution in [0.15, 0.2) is 6.20 Å². The van der Waals surface area contributed by atoms with E-state index in [0.717, 1.165) is 25.2 Å². The molecule has 1 atom stereocenters. The van der Waals surface area contributed by atoms with E-state index in [1.165, 1.54) is 30.5 Å². The summed E-state index contributed by atoms with van der Waals surface area (Å²) >= 11 is 0. The Balaban J connectivity index is 1.89. The maximum absolute atomic E-state index is 5.73. The van der Waals surface area contributed by atoms with E-state index in [0.29, 0.717) is 11.3 Å². The van der Waals surface area contributed by atoms with E-state index in [4.69, 9.17) is 10.7 Å². The maximum Gasteiger partial charge on any atom is 0.134 e. The van der Waals surface area contributed by atoms with Crippen LogP contribution in [0, 0.1) is 5.92 Å². The first-order valence-electron chi connectivity index (χ1n) is 6.26. The van der Waals surface area contributed by atoms with Crippen molar-refractivity contribution >= 4 is 0 Å². The molecule has 1 unspecified atom stereocenters. The van der Waals surface area contributed by atoms with E-state index in [9.17, 15) is 0 Å². The molecule has 0 aliphatic heterocycles. The molecule has 0 amide bonds. The van der Waals surface area contributed by atoms with Gasteiger partial charge in [-0.05, 0) is 50.1 Å². The van der Waals surface area contributed by atoms with E-state index in [1.807, 2.05) is 6.20 Å². The van der Waals surface area contributed by atoms with Gasteiger partial charge in [-0.1, -0.05) is 6.92 Å². The smallest absolute Gasteiger partial charge is 0.134 e. The van der Waals surface area contributed by atoms with Crippen molar-refractivity contribution in [3.63, 3.8) is 0 Å². The topological polar surface area (TPSA) is 51.8 Å². The number of hydrogen-bond donors (Lipinski definition) is 1. The lowest BCUT2D eigenvalue weighted by Gasteiger charge is -2.23. The number of aromatic nitrogens is 2. The lowest BCUT2D eigenvalue weighted by atomic mass is 9.87. The van der Waals surface area contributed by atoms with E-state index in [-0.39, 0.29) is 0 Å². The predicted octanol–water partition coefficient (Wildman–Crippen LogP) is 1.59. The molecule has 1 saturated carbocycles. The Kier molecular flexibility index (Phi) is 2.25. The van der Waals surface area contributed by atoms with Gasteiger partial charge >= 0.3 is 0 Å². The standard InChI is InChI=1S/C13H19N3/c1-13(4-5-13)12-15-8-10-6-9(7-14)2-3-11(10)16-12/h8-9H,2-7,14H2,1H3. The number of aryl methyl sites for hydroxylation is 1. The Morgan fingerprint density at radius 1 is 1.50 bits per heavy atom. The Hall–Kier alpha value is -0.960. The quantitative estimate of drug-likeness (QED) is 0.818. The minimum Gasteiger partial charge on any atom is -0.330 e. The van der Waals surface area contributed by atoms with Crippen LogP contribution in [0.3, 0.4) is 0 Å². The molecule has 3 heteroatoms. The molecule has 16 heavy (non-hydrogen) atoms. The van der Waals surface area contributed by atoms with Crippen molar-refractivity contribution < 1.29 is 0 Å². The summed E-state index contributed by atoms with van der Waals surface area (Å²) in [6.45, 7) is 3.05. The maximum atomic E-state index is 5.73. The molecule has 3 nitrogen and oxygen atoms in total. The molecular weight excluding hydrogens is 198 g/mol. The van der Waals surface area contributed by atoms with Crippen LogP contribution in [0.4, 0.5) is 0 Å². The fraction of sp³-hybridized carbons (Fsp3) is 0.692. The minimum atomic E-state index is 0.291. The van der Waals surface area contributed by atoms with Crippen LogP contribution >= 0.6 is 0 Å². The number of rotatable bonds is 2. The van der Waals surface area contributed by atoms with Crippen molar-refractivity contribution in [2.75, 3.05) is 6.54 Å². The summed E-state index contributed by atoms with van der Waals surface area (Å²) in [5, 5.41) is 0. The molecule has 0 spiro atoms. The fourth-order valence-electron chi connectivity index (χ4n) is 2.49. The van der Waals surface area contributed by atoms with Crippen molar-refractivity contribution in [2.24, 2.45) is 11.7 Å². The van der Waals surface area contributed by atoms with Crippen molar-refractivity contribution in [1.29, 1.82) is 0 Å². The lowest BCUT2D eigenvalue weighted by Crippen LogP contribution is -2.24. The summed E-state index contributed by atoms with van der Waals surface area (Å²) in [5.41, 5.74) is 8.63. The van der Waals surface area contributed by atoms with Crippen molar-refractivity contribution in [3.05, 3.63) is 23.3 Å². The molecule has 0 aromatic carbocycles. The van der Waals surface area contributed by atoms with Gasteiger partial charge in [0.2, 0.25) is 0 Å². The third kappa shape index (κ3) is 1.63. The van der Waals surface area contributed by atoms with Gasteiger partial charge in [0.15, 0.2) is 0 Å². The summed E-state index contributed by atoms with van der Waals surface area (Å²) in [6.07, 6.45) is 7.89. The highest BCUT2D eigenvalue weighted by atomic mass is 14.9. The number of nitrogens with two attached hydrogens (primary N) is 1. The molecule has 2 aliphatic rings. The second-order valence-electron chi connectivity index (χ2n) is 5.57. The summed E-state index contributed by atoms with van der Waals surface area (Å²) < 4.78 is 0. The average Bonchev–Trinajstić information content (AvgIpc) is 3.07. The molecule has 1 aromatic rings. The third-order valence-electron chi connectivity index (χ3n) is 4.13. The van der Waals surface area contributed by atoms with Crippen molar-refractivity contribution in [1.82, 2.24) is 9.97 Å². The molecule has 86 valence electrons. The van der Waals surface area contributed by atoms with Crippen LogP contribution in [-0.4, -0.2) is 16.5 Å². The first-order chi connectivity index (χ1) is 7.71. The first kappa shape index (κ1) is 10.2. The van der Waals surface area contributed by atoms with Crippen LogP contribution in [-0.2, 0) is 18.3 Å². The molecule has 1 fully saturated rings. The monoisotopic (exact) mass is 217 g/mol. The average molecular weight is 217 g/mol. The van der Waals surface area contributed by atoms with Crippen LogP contribution < -0.4 is 5.73 Å². The summed E-state index contributed by atoms with van der Waals surface area (Å²) in [7, 11) is 0. The Bertz CT molecular complexity index is 410. The third-order valence-corrected chi connectivity index (χ3v) is 4.13. The molecule has 2 N–H and O–H groups in total. The van der Waals surface area contributed by atoms with Crippen molar-refractivity contribution in [3.8, 4) is 0 Å². The zero-order chi connectivity index (χ0) is 11.2. The minimum absolute atomic E-state index is 0.291. The predicted molar refractivity (Wildman–Crippen MR) is 63.2 cm³/mol. The van der Waals surface area contributed by atoms with Gasteiger partial charge in [0, 0.05) is 17.3 Å². The van der Waals surface area contributed by atoms with Crippen LogP contribution in [0.2, 0.25) is 0 Å². The summed E-state index contributed by atoms with van der Waals surface area (Å²) in [4.78, 5) is 9.31. The molecule has 0 saturated heterocycles. The molecule has 3 rings (SSSR count). The van der Waals surface area contributed by atoms with Crippen molar-refractivity contribution in [2.45, 2.75) is 44.4 Å². The zero-order valence-corrected chi connectivity index (χ0v) is 9.87. The van der Waals surface area contributed by atoms with Gasteiger partial charge in [-0.2, -0.15) is 0 Å². The Labute approximate surface area is 96.5 Å². The second-order valence-corrected chi connectivity index (χ2v) is 5.57. The molecular formula is C13H19N3. The van der Waals surface area contributed by atoms with Gasteiger partial charge < -0.3 is 5.73 Å². The second kappa shape index (κ2) is 3.52. The van der Waals surface area contributed by atoms with E-state index in [2.05, 4.69) is 11.9 Å². The van der Waals surface area contributed by atoms with Gasteiger partial charge in [-0.3, -0.25) is 0 Å². The van der Waals surface area contributed by atoms with Crippen LogP contribution in [0.5, 0.6) is 0 Å². The molecule has 0 bridgehead atoms. The fourth-order valence-corrected chi connectivity index (χ4v) is 2.49. The van der Waals surface area contributed by atoms with E-state index in [1.54, 1.807) is 0 Å². The van der Waals surface area contributed by atoms with Crippen LogP contribution in [0.1, 0.15) is 43.3 Å². The zero-order valence-electron chi connectivity index (χ0n) is 9.87. The lowest BCUT2D eigenvalue weighted by molar-refractivity contribution is 0.458. The number of nitrogens with zero attached hydrogens (tertiary/aromatic N) is 2. The first-order valence-corrected chi connectivity index (χ1v) is 6.26. The molecule has 1 aromatic heterocycles.